The van der Waals surface area contributed by atoms with Crippen molar-refractivity contribution in [1.82, 2.24) is 10.2 Å². The number of carboxylic acids is 1. The van der Waals surface area contributed by atoms with Crippen LogP contribution in [0.2, 0.25) is 0 Å². The molecule has 88 valence electrons. The van der Waals surface area contributed by atoms with E-state index in [2.05, 4.69) is 11.2 Å². The normalized spacial score (nSPS) is 9.75. The van der Waals surface area contributed by atoms with Gasteiger partial charge in [0.15, 0.2) is 0 Å². The van der Waals surface area contributed by atoms with Gasteiger partial charge in [0.25, 0.3) is 0 Å². The van der Waals surface area contributed by atoms with Crippen LogP contribution in [0.25, 0.3) is 0 Å². The second kappa shape index (κ2) is 8.36. The Morgan fingerprint density at radius 1 is 1.56 bits per heavy atom. The third-order valence-corrected chi connectivity index (χ3v) is 1.72. The highest BCUT2D eigenvalue weighted by Gasteiger charge is 2.14. The molecule has 0 aromatic rings. The Hall–Kier alpha value is -1.96. The van der Waals surface area contributed by atoms with E-state index in [-0.39, 0.29) is 13.1 Å². The van der Waals surface area contributed by atoms with Gasteiger partial charge in [-0.15, -0.1) is 6.42 Å². The molecular weight excluding hydrogens is 208 g/mol. The molecule has 16 heavy (non-hydrogen) atoms. The van der Waals surface area contributed by atoms with Gasteiger partial charge in [-0.25, -0.2) is 4.79 Å². The van der Waals surface area contributed by atoms with Crippen LogP contribution >= 0.6 is 0 Å². The van der Waals surface area contributed by atoms with Crippen molar-refractivity contribution in [2.45, 2.75) is 13.3 Å². The van der Waals surface area contributed by atoms with Crippen molar-refractivity contribution >= 4 is 12.0 Å². The van der Waals surface area contributed by atoms with Gasteiger partial charge in [0, 0.05) is 6.54 Å². The number of nitrogens with one attached hydrogen (secondary N) is 1. The number of nitrogens with zero attached hydrogens (tertiary/aromatic N) is 1. The first-order valence-corrected chi connectivity index (χ1v) is 4.91. The summed E-state index contributed by atoms with van der Waals surface area (Å²) in [4.78, 5) is 23.0. The minimum absolute atomic E-state index is 0.0122. The average Bonchev–Trinajstić information content (AvgIpc) is 2.23. The molecule has 0 atom stereocenters. The SMILES string of the molecule is C#CCN(CC(=O)O)C(=O)NCC/C=C/C. The van der Waals surface area contributed by atoms with Gasteiger partial charge in [0.2, 0.25) is 0 Å². The maximum absolute atomic E-state index is 11.5. The summed E-state index contributed by atoms with van der Waals surface area (Å²) in [7, 11) is 0. The number of carboxylic acid groups (broad SMARTS) is 1. The first-order chi connectivity index (χ1) is 7.61. The Labute approximate surface area is 95.1 Å². The summed E-state index contributed by atoms with van der Waals surface area (Å²) in [6, 6.07) is -0.454. The summed E-state index contributed by atoms with van der Waals surface area (Å²) in [5.74, 6) is 1.16. The Morgan fingerprint density at radius 3 is 2.75 bits per heavy atom. The number of terminal acetylenes is 1. The van der Waals surface area contributed by atoms with Crippen molar-refractivity contribution < 1.29 is 14.7 Å². The molecule has 0 rings (SSSR count). The van der Waals surface area contributed by atoms with Gasteiger partial charge in [-0.1, -0.05) is 18.1 Å². The number of allylic oxidation sites excluding steroid dienone is 1. The topological polar surface area (TPSA) is 69.6 Å². The molecule has 0 saturated carbocycles. The van der Waals surface area contributed by atoms with E-state index in [0.29, 0.717) is 13.0 Å². The monoisotopic (exact) mass is 224 g/mol. The van der Waals surface area contributed by atoms with Crippen molar-refractivity contribution in [3.05, 3.63) is 12.2 Å². The Bertz CT molecular complexity index is 305. The van der Waals surface area contributed by atoms with Crippen molar-refractivity contribution in [2.24, 2.45) is 0 Å². The molecule has 0 saturated heterocycles. The van der Waals surface area contributed by atoms with Gasteiger partial charge < -0.3 is 15.3 Å². The third kappa shape index (κ3) is 6.49. The smallest absolute Gasteiger partial charge is 0.323 e. The van der Waals surface area contributed by atoms with Gasteiger partial charge in [-0.2, -0.15) is 0 Å². The van der Waals surface area contributed by atoms with Crippen LogP contribution in [0.5, 0.6) is 0 Å². The van der Waals surface area contributed by atoms with E-state index in [0.717, 1.165) is 4.90 Å². The van der Waals surface area contributed by atoms with Crippen LogP contribution < -0.4 is 5.32 Å². The summed E-state index contributed by atoms with van der Waals surface area (Å²) in [5, 5.41) is 11.2. The van der Waals surface area contributed by atoms with Gasteiger partial charge in [0.1, 0.15) is 6.54 Å². The number of urea groups is 1. The first-order valence-electron chi connectivity index (χ1n) is 4.91. The molecule has 2 amide bonds. The van der Waals surface area contributed by atoms with E-state index < -0.39 is 12.0 Å². The molecule has 0 bridgehead atoms. The largest absolute Gasteiger partial charge is 0.480 e. The minimum Gasteiger partial charge on any atom is -0.480 e. The minimum atomic E-state index is -1.08. The number of carbonyl (C=O) groups excluding carboxylic acids is 1. The van der Waals surface area contributed by atoms with E-state index in [1.54, 1.807) is 0 Å². The Balaban J connectivity index is 4.07. The molecule has 5 nitrogen and oxygen atoms in total. The van der Waals surface area contributed by atoms with Crippen LogP contribution in [0.4, 0.5) is 4.79 Å². The number of carbonyl (C=O) groups is 2. The van der Waals surface area contributed by atoms with Crippen LogP contribution in [0.3, 0.4) is 0 Å². The second-order valence-corrected chi connectivity index (χ2v) is 3.04. The fraction of sp³-hybridized carbons (Fsp3) is 0.455. The highest BCUT2D eigenvalue weighted by atomic mass is 16.4. The molecule has 2 N–H and O–H groups in total. The molecule has 0 aliphatic carbocycles. The Kier molecular flexibility index (Phi) is 7.33. The van der Waals surface area contributed by atoms with Crippen molar-refractivity contribution in [1.29, 1.82) is 0 Å². The quantitative estimate of drug-likeness (QED) is 0.396. The van der Waals surface area contributed by atoms with Crippen LogP contribution in [0.15, 0.2) is 12.2 Å². The number of hydrogen-bond acceptors (Lipinski definition) is 2. The summed E-state index contributed by atoms with van der Waals surface area (Å²) in [6.45, 7) is 1.95. The van der Waals surface area contributed by atoms with Crippen LogP contribution in [0.1, 0.15) is 13.3 Å². The molecule has 0 heterocycles. The lowest BCUT2D eigenvalue weighted by Gasteiger charge is -2.18. The number of rotatable bonds is 6. The fourth-order valence-electron chi connectivity index (χ4n) is 1.01. The zero-order valence-corrected chi connectivity index (χ0v) is 9.27. The second-order valence-electron chi connectivity index (χ2n) is 3.04. The predicted molar refractivity (Wildman–Crippen MR) is 60.9 cm³/mol. The van der Waals surface area contributed by atoms with E-state index in [1.807, 2.05) is 19.1 Å². The highest BCUT2D eigenvalue weighted by Crippen LogP contribution is 1.90. The van der Waals surface area contributed by atoms with Crippen molar-refractivity contribution in [3.63, 3.8) is 0 Å². The maximum Gasteiger partial charge on any atom is 0.323 e. The summed E-state index contributed by atoms with van der Waals surface area (Å²) < 4.78 is 0. The molecule has 0 spiro atoms. The molecule has 0 radical (unpaired) electrons. The van der Waals surface area contributed by atoms with Gasteiger partial charge in [-0.05, 0) is 13.3 Å². The van der Waals surface area contributed by atoms with E-state index >= 15 is 0 Å². The van der Waals surface area contributed by atoms with E-state index in [4.69, 9.17) is 11.5 Å². The highest BCUT2D eigenvalue weighted by molar-refractivity contribution is 5.80. The van der Waals surface area contributed by atoms with Crippen LogP contribution in [-0.4, -0.2) is 41.6 Å². The lowest BCUT2D eigenvalue weighted by atomic mass is 10.4. The van der Waals surface area contributed by atoms with E-state index in [1.165, 1.54) is 0 Å². The zero-order chi connectivity index (χ0) is 12.4. The molecule has 5 heteroatoms. The average molecular weight is 224 g/mol. The molecule has 0 unspecified atom stereocenters. The lowest BCUT2D eigenvalue weighted by Crippen LogP contribution is -2.43. The van der Waals surface area contributed by atoms with Gasteiger partial charge in [-0.3, -0.25) is 4.79 Å². The molecule has 0 aromatic carbocycles. The molecule has 0 fully saturated rings. The Morgan fingerprint density at radius 2 is 2.25 bits per heavy atom. The maximum atomic E-state index is 11.5. The standard InChI is InChI=1S/C11H16N2O3/c1-3-5-6-7-12-11(16)13(8-4-2)9-10(14)15/h2-3,5H,6-9H2,1H3,(H,12,16)(H,14,15)/b5-3+. The zero-order valence-electron chi connectivity index (χ0n) is 9.27. The van der Waals surface area contributed by atoms with Crippen molar-refractivity contribution in [3.8, 4) is 12.3 Å². The molecule has 0 aliphatic heterocycles. The lowest BCUT2D eigenvalue weighted by molar-refractivity contribution is -0.137. The summed E-state index contributed by atoms with van der Waals surface area (Å²) >= 11 is 0. The molecular formula is C11H16N2O3. The summed E-state index contributed by atoms with van der Waals surface area (Å²) in [5.41, 5.74) is 0. The first kappa shape index (κ1) is 14.0. The predicted octanol–water partition coefficient (Wildman–Crippen LogP) is 0.682. The van der Waals surface area contributed by atoms with E-state index in [9.17, 15) is 9.59 Å². The summed E-state index contributed by atoms with van der Waals surface area (Å²) in [6.07, 6.45) is 9.53. The molecule has 0 aromatic heterocycles. The number of amides is 2. The van der Waals surface area contributed by atoms with Crippen molar-refractivity contribution in [2.75, 3.05) is 19.6 Å². The fourth-order valence-corrected chi connectivity index (χ4v) is 1.01. The molecule has 0 aliphatic rings. The van der Waals surface area contributed by atoms with Crippen LogP contribution in [0, 0.1) is 12.3 Å². The number of aliphatic carboxylic acids is 1. The van der Waals surface area contributed by atoms with Crippen LogP contribution in [-0.2, 0) is 4.79 Å². The van der Waals surface area contributed by atoms with Gasteiger partial charge >= 0.3 is 12.0 Å². The third-order valence-electron chi connectivity index (χ3n) is 1.72. The van der Waals surface area contributed by atoms with Gasteiger partial charge in [0.05, 0.1) is 6.54 Å². The number of hydrogen-bond donors (Lipinski definition) is 2.